The van der Waals surface area contributed by atoms with E-state index in [1.54, 1.807) is 11.8 Å². The normalized spacial score (nSPS) is 11.0. The highest BCUT2D eigenvalue weighted by Gasteiger charge is 2.12. The van der Waals surface area contributed by atoms with E-state index in [1.807, 2.05) is 13.0 Å². The summed E-state index contributed by atoms with van der Waals surface area (Å²) in [4.78, 5) is 10.7. The van der Waals surface area contributed by atoms with Crippen LogP contribution in [0.2, 0.25) is 0 Å². The molecule has 25 heavy (non-hydrogen) atoms. The van der Waals surface area contributed by atoms with Gasteiger partial charge in [-0.15, -0.1) is 11.8 Å². The highest BCUT2D eigenvalue weighted by molar-refractivity contribution is 7.98. The molecule has 0 N–H and O–H groups in total. The molecule has 0 unspecified atom stereocenters. The summed E-state index contributed by atoms with van der Waals surface area (Å²) in [6.07, 6.45) is 2.10. The smallest absolute Gasteiger partial charge is 0.126 e. The molecule has 1 heterocycles. The van der Waals surface area contributed by atoms with E-state index in [1.165, 1.54) is 16.0 Å². The molecule has 0 aliphatic rings. The molecule has 0 saturated carbocycles. The van der Waals surface area contributed by atoms with Crippen molar-refractivity contribution in [3.8, 4) is 22.4 Å². The third-order valence-corrected chi connectivity index (χ3v) is 5.07. The molecule has 4 aromatic rings. The minimum Gasteiger partial charge on any atom is -0.233 e. The Bertz CT molecular complexity index is 1040. The van der Waals surface area contributed by atoms with Crippen LogP contribution in [0.3, 0.4) is 0 Å². The molecule has 3 aromatic carbocycles. The molecule has 0 bridgehead atoms. The number of benzene rings is 3. The summed E-state index contributed by atoms with van der Waals surface area (Å²) in [5, 5.41) is 1.09. The summed E-state index contributed by atoms with van der Waals surface area (Å²) >= 11 is 1.74. The number of hydrogen-bond acceptors (Lipinski definition) is 3. The number of nitrogens with zero attached hydrogens (tertiary/aromatic N) is 2. The highest BCUT2D eigenvalue weighted by atomic mass is 32.2. The van der Waals surface area contributed by atoms with Crippen molar-refractivity contribution >= 4 is 22.7 Å². The van der Waals surface area contributed by atoms with Crippen LogP contribution in [0.5, 0.6) is 0 Å². The van der Waals surface area contributed by atoms with Gasteiger partial charge in [0.25, 0.3) is 0 Å². The predicted molar refractivity (Wildman–Crippen MR) is 107 cm³/mol. The third kappa shape index (κ3) is 3.03. The van der Waals surface area contributed by atoms with E-state index >= 15 is 0 Å². The fourth-order valence-corrected chi connectivity index (χ4v) is 3.70. The lowest BCUT2D eigenvalue weighted by molar-refractivity contribution is 1.09. The Balaban J connectivity index is 1.95. The van der Waals surface area contributed by atoms with Gasteiger partial charge in [-0.05, 0) is 42.5 Å². The molecule has 4 rings (SSSR count). The zero-order valence-corrected chi connectivity index (χ0v) is 15.0. The second kappa shape index (κ2) is 6.69. The highest BCUT2D eigenvalue weighted by Crippen LogP contribution is 2.34. The van der Waals surface area contributed by atoms with Crippen molar-refractivity contribution < 1.29 is 0 Å². The molecular formula is C22H18N2S. The molecular weight excluding hydrogens is 324 g/mol. The van der Waals surface area contributed by atoms with E-state index in [0.717, 1.165) is 28.0 Å². The van der Waals surface area contributed by atoms with Crippen LogP contribution in [0.15, 0.2) is 77.7 Å². The molecule has 0 fully saturated rings. The van der Waals surface area contributed by atoms with Gasteiger partial charge in [0.2, 0.25) is 0 Å². The van der Waals surface area contributed by atoms with Crippen LogP contribution in [0.1, 0.15) is 5.82 Å². The average molecular weight is 342 g/mol. The van der Waals surface area contributed by atoms with E-state index in [0.29, 0.717) is 0 Å². The Morgan fingerprint density at radius 1 is 0.760 bits per heavy atom. The zero-order chi connectivity index (χ0) is 17.2. The van der Waals surface area contributed by atoms with Gasteiger partial charge in [0.05, 0.1) is 11.2 Å². The van der Waals surface area contributed by atoms with Crippen molar-refractivity contribution in [3.05, 3.63) is 78.6 Å². The molecule has 0 saturated heterocycles. The van der Waals surface area contributed by atoms with Gasteiger partial charge in [-0.25, -0.2) is 9.97 Å². The van der Waals surface area contributed by atoms with Crippen LogP contribution in [-0.2, 0) is 0 Å². The number of hydrogen-bond donors (Lipinski definition) is 0. The average Bonchev–Trinajstić information content (AvgIpc) is 2.67. The number of aryl methyl sites for hydroxylation is 1. The van der Waals surface area contributed by atoms with Crippen LogP contribution in [-0.4, -0.2) is 16.2 Å². The van der Waals surface area contributed by atoms with Gasteiger partial charge in [-0.1, -0.05) is 54.6 Å². The quantitative estimate of drug-likeness (QED) is 0.427. The van der Waals surface area contributed by atoms with E-state index < -0.39 is 0 Å². The van der Waals surface area contributed by atoms with Gasteiger partial charge in [-0.2, -0.15) is 0 Å². The van der Waals surface area contributed by atoms with Crippen LogP contribution < -0.4 is 0 Å². The summed E-state index contributed by atoms with van der Waals surface area (Å²) in [7, 11) is 0. The molecule has 0 aliphatic carbocycles. The zero-order valence-electron chi connectivity index (χ0n) is 14.2. The Labute approximate surface area is 152 Å². The van der Waals surface area contributed by atoms with Crippen LogP contribution in [0.25, 0.3) is 33.3 Å². The number of thioether (sulfide) groups is 1. The molecule has 2 nitrogen and oxygen atoms in total. The second-order valence-corrected chi connectivity index (χ2v) is 6.77. The Morgan fingerprint density at radius 2 is 1.52 bits per heavy atom. The predicted octanol–water partition coefficient (Wildman–Crippen LogP) is 5.99. The van der Waals surface area contributed by atoms with Crippen LogP contribution in [0, 0.1) is 6.92 Å². The van der Waals surface area contributed by atoms with Crippen LogP contribution in [0.4, 0.5) is 0 Å². The maximum Gasteiger partial charge on any atom is 0.126 e. The van der Waals surface area contributed by atoms with Crippen molar-refractivity contribution in [2.75, 3.05) is 6.26 Å². The Hall–Kier alpha value is -2.65. The number of fused-ring (bicyclic) bond motifs is 1. The maximum atomic E-state index is 4.76. The van der Waals surface area contributed by atoms with Crippen molar-refractivity contribution in [2.24, 2.45) is 0 Å². The summed E-state index contributed by atoms with van der Waals surface area (Å²) in [6, 6.07) is 25.3. The first kappa shape index (κ1) is 15.9. The minimum absolute atomic E-state index is 0.795. The van der Waals surface area contributed by atoms with Crippen molar-refractivity contribution in [3.63, 3.8) is 0 Å². The fraction of sp³-hybridized carbons (Fsp3) is 0.0909. The summed E-state index contributed by atoms with van der Waals surface area (Å²) in [5.74, 6) is 0.795. The minimum atomic E-state index is 0.795. The molecule has 0 aliphatic heterocycles. The Kier molecular flexibility index (Phi) is 4.24. The fourth-order valence-electron chi connectivity index (χ4n) is 3.10. The lowest BCUT2D eigenvalue weighted by Gasteiger charge is -2.11. The Morgan fingerprint density at radius 3 is 2.32 bits per heavy atom. The van der Waals surface area contributed by atoms with Gasteiger partial charge in [0.1, 0.15) is 5.82 Å². The number of rotatable bonds is 3. The van der Waals surface area contributed by atoms with E-state index in [4.69, 9.17) is 4.98 Å². The molecule has 1 aromatic heterocycles. The molecule has 0 spiro atoms. The van der Waals surface area contributed by atoms with Gasteiger partial charge in [0, 0.05) is 15.8 Å². The van der Waals surface area contributed by atoms with E-state index in [2.05, 4.69) is 78.0 Å². The molecule has 3 heteroatoms. The van der Waals surface area contributed by atoms with Crippen molar-refractivity contribution in [2.45, 2.75) is 11.8 Å². The summed E-state index contributed by atoms with van der Waals surface area (Å²) in [6.45, 7) is 1.96. The van der Waals surface area contributed by atoms with Crippen molar-refractivity contribution in [1.82, 2.24) is 9.97 Å². The molecule has 0 amide bonds. The number of aromatic nitrogens is 2. The van der Waals surface area contributed by atoms with E-state index in [-0.39, 0.29) is 0 Å². The van der Waals surface area contributed by atoms with Gasteiger partial charge < -0.3 is 0 Å². The largest absolute Gasteiger partial charge is 0.233 e. The second-order valence-electron chi connectivity index (χ2n) is 5.92. The first-order valence-electron chi connectivity index (χ1n) is 8.23. The monoisotopic (exact) mass is 342 g/mol. The van der Waals surface area contributed by atoms with Crippen molar-refractivity contribution in [1.29, 1.82) is 0 Å². The van der Waals surface area contributed by atoms with Gasteiger partial charge >= 0.3 is 0 Å². The van der Waals surface area contributed by atoms with Gasteiger partial charge in [0.15, 0.2) is 0 Å². The van der Waals surface area contributed by atoms with Crippen LogP contribution >= 0.6 is 11.8 Å². The van der Waals surface area contributed by atoms with Gasteiger partial charge in [-0.3, -0.25) is 0 Å². The SMILES string of the molecule is CSc1ccccc1-c1nc(C)nc2cc(-c3ccccc3)ccc12. The molecule has 0 radical (unpaired) electrons. The first-order chi connectivity index (χ1) is 12.3. The topological polar surface area (TPSA) is 25.8 Å². The van der Waals surface area contributed by atoms with E-state index in [9.17, 15) is 0 Å². The lowest BCUT2D eigenvalue weighted by atomic mass is 10.0. The third-order valence-electron chi connectivity index (χ3n) is 4.28. The standard InChI is InChI=1S/C22H18N2S/c1-15-23-20-14-17(16-8-4-3-5-9-16)12-13-18(20)22(24-15)19-10-6-7-11-21(19)25-2/h3-14H,1-2H3. The first-order valence-corrected chi connectivity index (χ1v) is 9.46. The molecule has 122 valence electrons. The maximum absolute atomic E-state index is 4.76. The summed E-state index contributed by atoms with van der Waals surface area (Å²) in [5.41, 5.74) is 5.53. The summed E-state index contributed by atoms with van der Waals surface area (Å²) < 4.78 is 0. The molecule has 0 atom stereocenters. The lowest BCUT2D eigenvalue weighted by Crippen LogP contribution is -1.95.